The zero-order chi connectivity index (χ0) is 17.8. The summed E-state index contributed by atoms with van der Waals surface area (Å²) in [7, 11) is 0. The number of hydrogen-bond acceptors (Lipinski definition) is 4. The number of nitrogens with zero attached hydrogens (tertiary/aromatic N) is 3. The first kappa shape index (κ1) is 16.7. The fraction of sp³-hybridized carbons (Fsp3) is 0.211. The number of benzene rings is 2. The second-order valence-corrected chi connectivity index (χ2v) is 5.75. The van der Waals surface area contributed by atoms with Crippen LogP contribution in [-0.2, 0) is 6.54 Å². The van der Waals surface area contributed by atoms with Crippen LogP contribution in [0.5, 0.6) is 11.6 Å². The molecule has 0 spiro atoms. The highest BCUT2D eigenvalue weighted by Crippen LogP contribution is 2.39. The smallest absolute Gasteiger partial charge is 0.295 e. The molecule has 3 rings (SSSR count). The average Bonchev–Trinajstić information content (AvgIpc) is 2.89. The molecular formula is C19H19N3O3. The summed E-state index contributed by atoms with van der Waals surface area (Å²) in [5.41, 5.74) is 1.47. The van der Waals surface area contributed by atoms with E-state index in [4.69, 9.17) is 0 Å². The van der Waals surface area contributed by atoms with E-state index in [1.165, 1.54) is 24.3 Å². The van der Waals surface area contributed by atoms with Gasteiger partial charge in [-0.15, -0.1) is 10.2 Å². The Balaban J connectivity index is 1.96. The van der Waals surface area contributed by atoms with Crippen molar-refractivity contribution in [1.29, 1.82) is 0 Å². The predicted molar refractivity (Wildman–Crippen MR) is 95.5 cm³/mol. The molecule has 0 saturated heterocycles. The van der Waals surface area contributed by atoms with E-state index in [0.717, 1.165) is 23.7 Å². The van der Waals surface area contributed by atoms with Gasteiger partial charge in [0.05, 0.1) is 5.52 Å². The molecule has 0 radical (unpaired) electrons. The molecule has 0 bridgehead atoms. The minimum atomic E-state index is -0.537. The Morgan fingerprint density at radius 2 is 1.80 bits per heavy atom. The fourth-order valence-corrected chi connectivity index (χ4v) is 2.67. The van der Waals surface area contributed by atoms with Crippen LogP contribution in [0.25, 0.3) is 10.9 Å². The van der Waals surface area contributed by atoms with Crippen molar-refractivity contribution in [3.63, 3.8) is 0 Å². The minimum absolute atomic E-state index is 0.0110. The van der Waals surface area contributed by atoms with E-state index in [1.54, 1.807) is 4.57 Å². The number of phenols is 1. The summed E-state index contributed by atoms with van der Waals surface area (Å²) in [4.78, 5) is 12.1. The predicted octanol–water partition coefficient (Wildman–Crippen LogP) is 4.78. The highest BCUT2D eigenvalue weighted by molar-refractivity contribution is 5.97. The van der Waals surface area contributed by atoms with Crippen molar-refractivity contribution in [2.24, 2.45) is 10.2 Å². The Labute approximate surface area is 145 Å². The molecule has 2 aromatic carbocycles. The Kier molecular flexibility index (Phi) is 4.79. The first-order valence-corrected chi connectivity index (χ1v) is 8.17. The van der Waals surface area contributed by atoms with Crippen LogP contribution < -0.4 is 0 Å². The van der Waals surface area contributed by atoms with Gasteiger partial charge >= 0.3 is 0 Å². The minimum Gasteiger partial charge on any atom is -0.508 e. The lowest BCUT2D eigenvalue weighted by atomic mass is 10.2. The van der Waals surface area contributed by atoms with Crippen LogP contribution in [0.4, 0.5) is 5.69 Å². The van der Waals surface area contributed by atoms with E-state index in [1.807, 2.05) is 24.3 Å². The maximum atomic E-state index is 12.1. The van der Waals surface area contributed by atoms with Gasteiger partial charge in [0, 0.05) is 17.5 Å². The summed E-state index contributed by atoms with van der Waals surface area (Å²) < 4.78 is 1.79. The highest BCUT2D eigenvalue weighted by atomic mass is 16.3. The molecule has 0 aliphatic carbocycles. The lowest BCUT2D eigenvalue weighted by Gasteiger charge is -2.05. The number of carbonyl (C=O) groups excluding carboxylic acids is 1. The van der Waals surface area contributed by atoms with E-state index in [0.29, 0.717) is 17.8 Å². The van der Waals surface area contributed by atoms with Crippen LogP contribution in [-0.4, -0.2) is 20.7 Å². The number of phenolic OH excluding ortho intramolecular Hbond substituents is 1. The van der Waals surface area contributed by atoms with Gasteiger partial charge in [0.15, 0.2) is 5.69 Å². The zero-order valence-electron chi connectivity index (χ0n) is 13.9. The van der Waals surface area contributed by atoms with Gasteiger partial charge < -0.3 is 14.8 Å². The highest BCUT2D eigenvalue weighted by Gasteiger charge is 2.16. The molecule has 0 aliphatic rings. The monoisotopic (exact) mass is 337 g/mol. The van der Waals surface area contributed by atoms with Crippen molar-refractivity contribution in [2.75, 3.05) is 0 Å². The molecule has 1 amide bonds. The molecule has 6 nitrogen and oxygen atoms in total. The number of amides is 1. The molecule has 1 heterocycles. The Morgan fingerprint density at radius 1 is 1.08 bits per heavy atom. The number of aryl methyl sites for hydroxylation is 1. The topological polar surface area (TPSA) is 87.2 Å². The second kappa shape index (κ2) is 7.17. The van der Waals surface area contributed by atoms with Crippen LogP contribution in [0.1, 0.15) is 30.1 Å². The lowest BCUT2D eigenvalue weighted by molar-refractivity contribution is 0.0995. The number of para-hydroxylation sites is 1. The third kappa shape index (κ3) is 3.38. The summed E-state index contributed by atoms with van der Waals surface area (Å²) >= 11 is 0. The van der Waals surface area contributed by atoms with Crippen molar-refractivity contribution in [2.45, 2.75) is 26.3 Å². The number of carbonyl (C=O) groups is 1. The molecule has 0 atom stereocenters. The number of unbranched alkanes of at least 4 members (excludes halogenated alkanes) is 1. The van der Waals surface area contributed by atoms with Gasteiger partial charge in [-0.25, -0.2) is 0 Å². The molecule has 0 saturated carbocycles. The van der Waals surface area contributed by atoms with Crippen LogP contribution in [0, 0.1) is 0 Å². The van der Waals surface area contributed by atoms with E-state index >= 15 is 0 Å². The first-order valence-electron chi connectivity index (χ1n) is 8.17. The Bertz CT molecular complexity index is 927. The molecule has 2 N–H and O–H groups in total. The molecule has 128 valence electrons. The van der Waals surface area contributed by atoms with E-state index < -0.39 is 5.91 Å². The van der Waals surface area contributed by atoms with Crippen molar-refractivity contribution < 1.29 is 15.0 Å². The average molecular weight is 337 g/mol. The second-order valence-electron chi connectivity index (χ2n) is 5.75. The Morgan fingerprint density at radius 3 is 2.52 bits per heavy atom. The van der Waals surface area contributed by atoms with E-state index in [-0.39, 0.29) is 11.6 Å². The van der Waals surface area contributed by atoms with Crippen LogP contribution >= 0.6 is 0 Å². The van der Waals surface area contributed by atoms with Gasteiger partial charge in [0.1, 0.15) is 5.75 Å². The van der Waals surface area contributed by atoms with Crippen molar-refractivity contribution in [1.82, 2.24) is 4.57 Å². The number of fused-ring (bicyclic) bond motifs is 1. The van der Waals surface area contributed by atoms with Crippen molar-refractivity contribution in [3.8, 4) is 11.6 Å². The summed E-state index contributed by atoms with van der Waals surface area (Å²) in [6, 6.07) is 13.3. The van der Waals surface area contributed by atoms with Crippen LogP contribution in [0.3, 0.4) is 0 Å². The molecule has 0 fully saturated rings. The largest absolute Gasteiger partial charge is 0.508 e. The zero-order valence-corrected chi connectivity index (χ0v) is 13.9. The molecule has 6 heteroatoms. The molecule has 0 unspecified atom stereocenters. The standard InChI is InChI=1S/C19H19N3O3/c1-2-3-12-22-16-7-5-4-6-15(16)17(19(22)25)20-21-18(24)13-8-10-14(23)11-9-13/h4-11,23,25H,2-3,12H2,1H3. The number of azo groups is 1. The summed E-state index contributed by atoms with van der Waals surface area (Å²) in [6.07, 6.45) is 1.93. The third-order valence-electron chi connectivity index (χ3n) is 4.01. The molecule has 0 aliphatic heterocycles. The van der Waals surface area contributed by atoms with Gasteiger partial charge in [-0.3, -0.25) is 4.79 Å². The van der Waals surface area contributed by atoms with E-state index in [2.05, 4.69) is 17.2 Å². The maximum absolute atomic E-state index is 12.1. The summed E-state index contributed by atoms with van der Waals surface area (Å²) in [6.45, 7) is 2.75. The summed E-state index contributed by atoms with van der Waals surface area (Å²) in [5, 5.41) is 28.3. The third-order valence-corrected chi connectivity index (χ3v) is 4.01. The number of hydrogen-bond donors (Lipinski definition) is 2. The van der Waals surface area contributed by atoms with Gasteiger partial charge in [-0.05, 0) is 36.8 Å². The maximum Gasteiger partial charge on any atom is 0.295 e. The molecule has 3 aromatic rings. The Hall–Kier alpha value is -3.15. The van der Waals surface area contributed by atoms with Crippen LogP contribution in [0.2, 0.25) is 0 Å². The SMILES string of the molecule is CCCCn1c(O)c(N=NC(=O)c2ccc(O)cc2)c2ccccc21. The van der Waals surface area contributed by atoms with Gasteiger partial charge in [0.2, 0.25) is 5.88 Å². The number of aromatic hydroxyl groups is 2. The van der Waals surface area contributed by atoms with Crippen molar-refractivity contribution >= 4 is 22.5 Å². The quantitative estimate of drug-likeness (QED) is 0.657. The summed E-state index contributed by atoms with van der Waals surface area (Å²) in [5.74, 6) is -0.452. The van der Waals surface area contributed by atoms with Gasteiger partial charge in [0.25, 0.3) is 5.91 Å². The van der Waals surface area contributed by atoms with E-state index in [9.17, 15) is 15.0 Å². The number of rotatable bonds is 5. The van der Waals surface area contributed by atoms with Gasteiger partial charge in [-0.2, -0.15) is 0 Å². The molecule has 25 heavy (non-hydrogen) atoms. The van der Waals surface area contributed by atoms with Crippen molar-refractivity contribution in [3.05, 3.63) is 54.1 Å². The van der Waals surface area contributed by atoms with Crippen LogP contribution in [0.15, 0.2) is 58.8 Å². The lowest BCUT2D eigenvalue weighted by Crippen LogP contribution is -1.96. The molecule has 1 aromatic heterocycles. The molecular weight excluding hydrogens is 318 g/mol. The fourth-order valence-electron chi connectivity index (χ4n) is 2.67. The number of aromatic nitrogens is 1. The normalized spacial score (nSPS) is 11.4. The first-order chi connectivity index (χ1) is 12.1. The van der Waals surface area contributed by atoms with Gasteiger partial charge in [-0.1, -0.05) is 31.5 Å².